The van der Waals surface area contributed by atoms with Crippen LogP contribution in [0.25, 0.3) is 0 Å². The lowest BCUT2D eigenvalue weighted by atomic mass is 10.1. The Balaban J connectivity index is 2.46. The van der Waals surface area contributed by atoms with Gasteiger partial charge in [-0.3, -0.25) is 24.5 Å². The molecule has 0 atom stereocenters. The molecule has 0 amide bonds. The fraction of sp³-hybridized carbons (Fsp3) is 0.167. The van der Waals surface area contributed by atoms with E-state index in [1.54, 1.807) is 0 Å². The third-order valence-corrected chi connectivity index (χ3v) is 2.71. The summed E-state index contributed by atoms with van der Waals surface area (Å²) in [7, 11) is 1.43. The minimum atomic E-state index is -0.592. The minimum Gasteiger partial charge on any atom is -0.496 e. The standard InChI is InChI=1S/C12H11N3O5/c1-20-10-3-2-9(15(18)19)6-8(10)7-14-5-4-11(16)13-12(14)17/h2-6H,7H2,1H3,(H,13,16,17). The predicted octanol–water partition coefficient (Wildman–Crippen LogP) is 0.502. The number of aromatic amines is 1. The molecule has 0 aliphatic rings. The van der Waals surface area contributed by atoms with Crippen molar-refractivity contribution in [3.05, 3.63) is 67.0 Å². The Morgan fingerprint density at radius 1 is 1.35 bits per heavy atom. The largest absolute Gasteiger partial charge is 0.496 e. The van der Waals surface area contributed by atoms with Gasteiger partial charge in [-0.15, -0.1) is 0 Å². The first-order chi connectivity index (χ1) is 9.51. The van der Waals surface area contributed by atoms with Crippen molar-refractivity contribution < 1.29 is 9.66 Å². The van der Waals surface area contributed by atoms with Gasteiger partial charge in [0.1, 0.15) is 5.75 Å². The van der Waals surface area contributed by atoms with Crippen molar-refractivity contribution in [2.24, 2.45) is 0 Å². The lowest BCUT2D eigenvalue weighted by molar-refractivity contribution is -0.384. The molecular formula is C12H11N3O5. The van der Waals surface area contributed by atoms with Crippen molar-refractivity contribution >= 4 is 5.69 Å². The fourth-order valence-corrected chi connectivity index (χ4v) is 1.75. The van der Waals surface area contributed by atoms with Gasteiger partial charge in [0.15, 0.2) is 0 Å². The molecule has 8 nitrogen and oxygen atoms in total. The quantitative estimate of drug-likeness (QED) is 0.646. The van der Waals surface area contributed by atoms with Crippen molar-refractivity contribution in [1.82, 2.24) is 9.55 Å². The van der Waals surface area contributed by atoms with Crippen molar-refractivity contribution in [3.8, 4) is 5.75 Å². The fourth-order valence-electron chi connectivity index (χ4n) is 1.75. The smallest absolute Gasteiger partial charge is 0.328 e. The van der Waals surface area contributed by atoms with Crippen LogP contribution in [0.15, 0.2) is 40.1 Å². The summed E-state index contributed by atoms with van der Waals surface area (Å²) < 4.78 is 6.33. The predicted molar refractivity (Wildman–Crippen MR) is 70.1 cm³/mol. The molecule has 0 unspecified atom stereocenters. The van der Waals surface area contributed by atoms with Crippen molar-refractivity contribution in [2.45, 2.75) is 6.54 Å². The lowest BCUT2D eigenvalue weighted by Gasteiger charge is -2.09. The highest BCUT2D eigenvalue weighted by molar-refractivity contribution is 5.43. The number of nitrogens with one attached hydrogen (secondary N) is 1. The molecule has 0 radical (unpaired) electrons. The third kappa shape index (κ3) is 2.74. The van der Waals surface area contributed by atoms with E-state index >= 15 is 0 Å². The summed E-state index contributed by atoms with van der Waals surface area (Å²) in [6.07, 6.45) is 1.32. The molecule has 1 N–H and O–H groups in total. The summed E-state index contributed by atoms with van der Waals surface area (Å²) in [5.74, 6) is 0.425. The second kappa shape index (κ2) is 5.39. The first-order valence-corrected chi connectivity index (χ1v) is 5.62. The van der Waals surface area contributed by atoms with Gasteiger partial charge in [0, 0.05) is 30.0 Å². The topological polar surface area (TPSA) is 107 Å². The number of H-pyrrole nitrogens is 1. The minimum absolute atomic E-state index is 0.0560. The molecule has 2 aromatic rings. The Bertz CT molecular complexity index is 762. The highest BCUT2D eigenvalue weighted by Crippen LogP contribution is 2.24. The van der Waals surface area contributed by atoms with Crippen LogP contribution in [0.3, 0.4) is 0 Å². The lowest BCUT2D eigenvalue weighted by Crippen LogP contribution is -2.29. The van der Waals surface area contributed by atoms with E-state index in [0.717, 1.165) is 0 Å². The first-order valence-electron chi connectivity index (χ1n) is 5.62. The van der Waals surface area contributed by atoms with E-state index in [1.165, 1.54) is 42.1 Å². The number of aromatic nitrogens is 2. The molecule has 0 saturated carbocycles. The molecule has 1 heterocycles. The average molecular weight is 277 g/mol. The molecule has 1 aromatic carbocycles. The van der Waals surface area contributed by atoms with Gasteiger partial charge in [0.25, 0.3) is 11.2 Å². The zero-order chi connectivity index (χ0) is 14.7. The van der Waals surface area contributed by atoms with E-state index in [4.69, 9.17) is 4.74 Å². The van der Waals surface area contributed by atoms with Crippen LogP contribution in [0.2, 0.25) is 0 Å². The zero-order valence-electron chi connectivity index (χ0n) is 10.5. The maximum absolute atomic E-state index is 11.6. The van der Waals surface area contributed by atoms with Gasteiger partial charge in [-0.25, -0.2) is 4.79 Å². The first kappa shape index (κ1) is 13.5. The van der Waals surface area contributed by atoms with E-state index in [1.807, 2.05) is 0 Å². The Hall–Kier alpha value is -2.90. The van der Waals surface area contributed by atoms with Crippen LogP contribution in [0.5, 0.6) is 5.75 Å². The number of benzene rings is 1. The molecule has 0 fully saturated rings. The maximum atomic E-state index is 11.6. The summed E-state index contributed by atoms with van der Waals surface area (Å²) >= 11 is 0. The molecule has 2 rings (SSSR count). The van der Waals surface area contributed by atoms with E-state index in [-0.39, 0.29) is 12.2 Å². The molecular weight excluding hydrogens is 266 g/mol. The molecule has 0 bridgehead atoms. The Labute approximate surface area is 112 Å². The van der Waals surface area contributed by atoms with Gasteiger partial charge < -0.3 is 4.74 Å². The summed E-state index contributed by atoms with van der Waals surface area (Å²) in [6.45, 7) is 0.0560. The van der Waals surface area contributed by atoms with E-state index in [2.05, 4.69) is 4.98 Å². The molecule has 104 valence electrons. The van der Waals surface area contributed by atoms with Crippen LogP contribution in [0.4, 0.5) is 5.69 Å². The summed E-state index contributed by atoms with van der Waals surface area (Å²) in [5.41, 5.74) is -0.725. The van der Waals surface area contributed by atoms with Gasteiger partial charge in [0.05, 0.1) is 18.6 Å². The SMILES string of the molecule is COc1ccc([N+](=O)[O-])cc1Cn1ccc(=O)[nH]c1=O. The van der Waals surface area contributed by atoms with Crippen molar-refractivity contribution in [2.75, 3.05) is 7.11 Å². The van der Waals surface area contributed by atoms with Gasteiger partial charge in [0.2, 0.25) is 0 Å². The second-order valence-electron chi connectivity index (χ2n) is 3.99. The number of hydrogen-bond donors (Lipinski definition) is 1. The Morgan fingerprint density at radius 3 is 2.70 bits per heavy atom. The Morgan fingerprint density at radius 2 is 2.10 bits per heavy atom. The molecule has 0 aliphatic heterocycles. The number of non-ortho nitro benzene ring substituents is 1. The molecule has 20 heavy (non-hydrogen) atoms. The van der Waals surface area contributed by atoms with E-state index in [9.17, 15) is 19.7 Å². The van der Waals surface area contributed by atoms with Gasteiger partial charge >= 0.3 is 5.69 Å². The second-order valence-corrected chi connectivity index (χ2v) is 3.99. The van der Waals surface area contributed by atoms with Crippen LogP contribution in [0, 0.1) is 10.1 Å². The molecule has 0 saturated heterocycles. The summed E-state index contributed by atoms with van der Waals surface area (Å²) in [5, 5.41) is 10.8. The molecule has 1 aromatic heterocycles. The van der Waals surface area contributed by atoms with Crippen LogP contribution >= 0.6 is 0 Å². The van der Waals surface area contributed by atoms with E-state index < -0.39 is 16.2 Å². The Kier molecular flexibility index (Phi) is 3.65. The number of rotatable bonds is 4. The zero-order valence-corrected chi connectivity index (χ0v) is 10.5. The van der Waals surface area contributed by atoms with Gasteiger partial charge in [-0.05, 0) is 6.07 Å². The number of ether oxygens (including phenoxy) is 1. The van der Waals surface area contributed by atoms with Gasteiger partial charge in [-0.1, -0.05) is 0 Å². The van der Waals surface area contributed by atoms with Crippen LogP contribution in [-0.4, -0.2) is 21.6 Å². The van der Waals surface area contributed by atoms with Crippen LogP contribution in [0.1, 0.15) is 5.56 Å². The van der Waals surface area contributed by atoms with Gasteiger partial charge in [-0.2, -0.15) is 0 Å². The monoisotopic (exact) mass is 277 g/mol. The van der Waals surface area contributed by atoms with Crippen LogP contribution in [-0.2, 0) is 6.54 Å². The number of nitro groups is 1. The number of methoxy groups -OCH3 is 1. The maximum Gasteiger partial charge on any atom is 0.328 e. The number of nitro benzene ring substituents is 1. The molecule has 8 heteroatoms. The molecule has 0 aliphatic carbocycles. The van der Waals surface area contributed by atoms with Crippen molar-refractivity contribution in [3.63, 3.8) is 0 Å². The summed E-state index contributed by atoms with van der Waals surface area (Å²) in [4.78, 5) is 34.9. The molecule has 0 spiro atoms. The normalized spacial score (nSPS) is 10.2. The number of nitrogens with zero attached hydrogens (tertiary/aromatic N) is 2. The third-order valence-electron chi connectivity index (χ3n) is 2.71. The summed E-state index contributed by atoms with van der Waals surface area (Å²) in [6, 6.07) is 5.31. The highest BCUT2D eigenvalue weighted by atomic mass is 16.6. The number of hydrogen-bond acceptors (Lipinski definition) is 5. The van der Waals surface area contributed by atoms with Crippen LogP contribution < -0.4 is 16.0 Å². The van der Waals surface area contributed by atoms with Crippen molar-refractivity contribution in [1.29, 1.82) is 0 Å². The average Bonchev–Trinajstić information content (AvgIpc) is 2.41. The highest BCUT2D eigenvalue weighted by Gasteiger charge is 2.12. The van der Waals surface area contributed by atoms with E-state index in [0.29, 0.717) is 11.3 Å².